The molecule has 0 aromatic rings. The zero-order valence-electron chi connectivity index (χ0n) is 13.0. The highest BCUT2D eigenvalue weighted by Crippen LogP contribution is 2.45. The molecule has 1 unspecified atom stereocenters. The van der Waals surface area contributed by atoms with Crippen molar-refractivity contribution in [3.63, 3.8) is 0 Å². The maximum atomic E-state index is 2.44. The van der Waals surface area contributed by atoms with E-state index < -0.39 is 0 Å². The van der Waals surface area contributed by atoms with Crippen molar-refractivity contribution in [3.8, 4) is 0 Å². The molecule has 0 spiro atoms. The normalized spacial score (nSPS) is 22.7. The summed E-state index contributed by atoms with van der Waals surface area (Å²) in [5, 5.41) is 0. The summed E-state index contributed by atoms with van der Waals surface area (Å²) < 4.78 is 0. The fourth-order valence-electron chi connectivity index (χ4n) is 3.32. The van der Waals surface area contributed by atoms with Crippen LogP contribution in [0.4, 0.5) is 0 Å². The largest absolute Gasteiger partial charge is 0.0842 e. The number of allylic oxidation sites excluding steroid dienone is 8. The van der Waals surface area contributed by atoms with Crippen molar-refractivity contribution in [1.82, 2.24) is 0 Å². The lowest BCUT2D eigenvalue weighted by Crippen LogP contribution is -2.23. The number of rotatable bonds is 4. The molecule has 19 heavy (non-hydrogen) atoms. The monoisotopic (exact) mass is 256 g/mol. The molecule has 0 aliphatic heterocycles. The van der Waals surface area contributed by atoms with E-state index in [1.165, 1.54) is 32.1 Å². The van der Waals surface area contributed by atoms with Crippen molar-refractivity contribution >= 4 is 0 Å². The molecule has 0 fully saturated rings. The van der Waals surface area contributed by atoms with E-state index in [1.54, 1.807) is 16.7 Å². The zero-order valence-corrected chi connectivity index (χ0v) is 13.0. The number of hydrogen-bond donors (Lipinski definition) is 0. The SMILES string of the molecule is CCC(C)(C1=CC=CCC1)C1=CC=C(C(C)C)CC1. The summed E-state index contributed by atoms with van der Waals surface area (Å²) in [5.74, 6) is 0.697. The second-order valence-corrected chi connectivity index (χ2v) is 6.43. The average molecular weight is 256 g/mol. The molecule has 0 aromatic carbocycles. The lowest BCUT2D eigenvalue weighted by atomic mass is 9.68. The first-order valence-corrected chi connectivity index (χ1v) is 7.84. The van der Waals surface area contributed by atoms with Crippen LogP contribution in [0.5, 0.6) is 0 Å². The molecule has 0 bridgehead atoms. The molecule has 0 amide bonds. The maximum Gasteiger partial charge on any atom is 0.00960 e. The summed E-state index contributed by atoms with van der Waals surface area (Å²) in [4.78, 5) is 0. The van der Waals surface area contributed by atoms with E-state index in [4.69, 9.17) is 0 Å². The van der Waals surface area contributed by atoms with Gasteiger partial charge in [0.15, 0.2) is 0 Å². The predicted molar refractivity (Wildman–Crippen MR) is 85.1 cm³/mol. The van der Waals surface area contributed by atoms with Crippen LogP contribution in [-0.4, -0.2) is 0 Å². The molecule has 0 radical (unpaired) electrons. The van der Waals surface area contributed by atoms with Crippen LogP contribution in [0, 0.1) is 11.3 Å². The molecule has 0 nitrogen and oxygen atoms in total. The van der Waals surface area contributed by atoms with Gasteiger partial charge in [-0.25, -0.2) is 0 Å². The molecule has 1 atom stereocenters. The second-order valence-electron chi connectivity index (χ2n) is 6.43. The lowest BCUT2D eigenvalue weighted by molar-refractivity contribution is 0.423. The third kappa shape index (κ3) is 2.94. The van der Waals surface area contributed by atoms with Crippen molar-refractivity contribution in [1.29, 1.82) is 0 Å². The summed E-state index contributed by atoms with van der Waals surface area (Å²) in [6, 6.07) is 0. The van der Waals surface area contributed by atoms with Gasteiger partial charge in [-0.2, -0.15) is 0 Å². The minimum absolute atomic E-state index is 0.282. The topological polar surface area (TPSA) is 0 Å². The summed E-state index contributed by atoms with van der Waals surface area (Å²) in [5.41, 5.74) is 5.16. The summed E-state index contributed by atoms with van der Waals surface area (Å²) in [6.07, 6.45) is 17.8. The quantitative estimate of drug-likeness (QED) is 0.580. The van der Waals surface area contributed by atoms with E-state index >= 15 is 0 Å². The fourth-order valence-corrected chi connectivity index (χ4v) is 3.32. The molecule has 2 aliphatic rings. The minimum atomic E-state index is 0.282. The minimum Gasteiger partial charge on any atom is -0.0842 e. The molecule has 0 saturated carbocycles. The summed E-state index contributed by atoms with van der Waals surface area (Å²) >= 11 is 0. The van der Waals surface area contributed by atoms with Crippen LogP contribution >= 0.6 is 0 Å². The van der Waals surface area contributed by atoms with Gasteiger partial charge in [0, 0.05) is 5.41 Å². The molecular formula is C19H28. The van der Waals surface area contributed by atoms with Gasteiger partial charge >= 0.3 is 0 Å². The Labute approximate surface area is 119 Å². The van der Waals surface area contributed by atoms with Crippen LogP contribution in [0.25, 0.3) is 0 Å². The molecule has 0 aromatic heterocycles. The average Bonchev–Trinajstić information content (AvgIpc) is 2.47. The molecule has 0 heteroatoms. The molecule has 0 heterocycles. The maximum absolute atomic E-state index is 2.44. The van der Waals surface area contributed by atoms with Gasteiger partial charge in [-0.05, 0) is 38.0 Å². The van der Waals surface area contributed by atoms with Crippen molar-refractivity contribution in [3.05, 3.63) is 47.1 Å². The lowest BCUT2D eigenvalue weighted by Gasteiger charge is -2.37. The first-order valence-electron chi connectivity index (χ1n) is 7.84. The van der Waals surface area contributed by atoms with Crippen molar-refractivity contribution in [2.45, 2.75) is 59.8 Å². The van der Waals surface area contributed by atoms with Crippen molar-refractivity contribution in [2.75, 3.05) is 0 Å². The van der Waals surface area contributed by atoms with Gasteiger partial charge in [0.2, 0.25) is 0 Å². The van der Waals surface area contributed by atoms with Gasteiger partial charge in [0.1, 0.15) is 0 Å². The van der Waals surface area contributed by atoms with E-state index in [0.717, 1.165) is 0 Å². The van der Waals surface area contributed by atoms with Crippen LogP contribution in [0.1, 0.15) is 59.8 Å². The van der Waals surface area contributed by atoms with Crippen LogP contribution < -0.4 is 0 Å². The predicted octanol–water partition coefficient (Wildman–Crippen LogP) is 5.98. The smallest absolute Gasteiger partial charge is 0.00960 e. The van der Waals surface area contributed by atoms with Crippen LogP contribution in [0.15, 0.2) is 47.1 Å². The Hall–Kier alpha value is -1.04. The highest BCUT2D eigenvalue weighted by Gasteiger charge is 2.31. The van der Waals surface area contributed by atoms with E-state index in [2.05, 4.69) is 58.1 Å². The van der Waals surface area contributed by atoms with E-state index in [-0.39, 0.29) is 5.41 Å². The summed E-state index contributed by atoms with van der Waals surface area (Å²) in [7, 11) is 0. The van der Waals surface area contributed by atoms with Crippen molar-refractivity contribution in [2.24, 2.45) is 11.3 Å². The molecule has 0 saturated heterocycles. The Morgan fingerprint density at radius 1 is 1.05 bits per heavy atom. The molecule has 2 aliphatic carbocycles. The van der Waals surface area contributed by atoms with E-state index in [9.17, 15) is 0 Å². The molecule has 2 rings (SSSR count). The van der Waals surface area contributed by atoms with Gasteiger partial charge in [-0.15, -0.1) is 0 Å². The van der Waals surface area contributed by atoms with Crippen LogP contribution in [0.3, 0.4) is 0 Å². The Balaban J connectivity index is 2.27. The van der Waals surface area contributed by atoms with E-state index in [1.807, 2.05) is 0 Å². The van der Waals surface area contributed by atoms with Crippen molar-refractivity contribution < 1.29 is 0 Å². The van der Waals surface area contributed by atoms with Gasteiger partial charge in [0.05, 0.1) is 0 Å². The first-order chi connectivity index (χ1) is 9.08. The van der Waals surface area contributed by atoms with Crippen LogP contribution in [0.2, 0.25) is 0 Å². The van der Waals surface area contributed by atoms with Crippen LogP contribution in [-0.2, 0) is 0 Å². The fraction of sp³-hybridized carbons (Fsp3) is 0.579. The van der Waals surface area contributed by atoms with Gasteiger partial charge in [0.25, 0.3) is 0 Å². The third-order valence-electron chi connectivity index (χ3n) is 5.06. The van der Waals surface area contributed by atoms with E-state index in [0.29, 0.717) is 5.92 Å². The highest BCUT2D eigenvalue weighted by atomic mass is 14.4. The molecule has 0 N–H and O–H groups in total. The Bertz CT molecular complexity index is 443. The van der Waals surface area contributed by atoms with Gasteiger partial charge in [-0.1, -0.05) is 74.8 Å². The summed E-state index contributed by atoms with van der Waals surface area (Å²) in [6.45, 7) is 9.38. The second kappa shape index (κ2) is 5.94. The Kier molecular flexibility index (Phi) is 4.50. The van der Waals surface area contributed by atoms with Gasteiger partial charge in [-0.3, -0.25) is 0 Å². The standard InChI is InChI=1S/C19H28/c1-5-19(4,17-9-7-6-8-10-17)18-13-11-16(12-14-18)15(2)3/h6-7,9,11,13,15H,5,8,10,12,14H2,1-4H3. The molecule has 104 valence electrons. The highest BCUT2D eigenvalue weighted by molar-refractivity contribution is 5.37. The number of hydrogen-bond acceptors (Lipinski definition) is 0. The Morgan fingerprint density at radius 2 is 1.79 bits per heavy atom. The molecular weight excluding hydrogens is 228 g/mol. The Morgan fingerprint density at radius 3 is 2.26 bits per heavy atom. The van der Waals surface area contributed by atoms with Gasteiger partial charge < -0.3 is 0 Å². The zero-order chi connectivity index (χ0) is 13.9. The first kappa shape index (κ1) is 14.4. The third-order valence-corrected chi connectivity index (χ3v) is 5.06.